The van der Waals surface area contributed by atoms with Crippen LogP contribution in [0, 0.1) is 0 Å². The number of aldehydes is 1. The van der Waals surface area contributed by atoms with Gasteiger partial charge in [0, 0.05) is 23.5 Å². The SMILES string of the molecule is CCc1ccc(-c2cn3ccccc3c2C=O)cc1. The highest BCUT2D eigenvalue weighted by molar-refractivity contribution is 5.96. The lowest BCUT2D eigenvalue weighted by Crippen LogP contribution is -1.84. The predicted octanol–water partition coefficient (Wildman–Crippen LogP) is 3.98. The number of rotatable bonds is 3. The van der Waals surface area contributed by atoms with Gasteiger partial charge in [0.15, 0.2) is 6.29 Å². The predicted molar refractivity (Wildman–Crippen MR) is 77.6 cm³/mol. The summed E-state index contributed by atoms with van der Waals surface area (Å²) in [5.41, 5.74) is 5.09. The summed E-state index contributed by atoms with van der Waals surface area (Å²) in [7, 11) is 0. The van der Waals surface area contributed by atoms with Gasteiger partial charge in [0.1, 0.15) is 0 Å². The molecule has 2 heterocycles. The van der Waals surface area contributed by atoms with Crippen LogP contribution in [0.25, 0.3) is 16.6 Å². The molecule has 2 aromatic heterocycles. The number of carbonyl (C=O) groups excluding carboxylic acids is 1. The molecular weight excluding hydrogens is 234 g/mol. The number of hydrogen-bond donors (Lipinski definition) is 0. The Kier molecular flexibility index (Phi) is 2.92. The molecule has 0 radical (unpaired) electrons. The van der Waals surface area contributed by atoms with E-state index in [4.69, 9.17) is 0 Å². The molecule has 94 valence electrons. The van der Waals surface area contributed by atoms with Crippen molar-refractivity contribution in [3.8, 4) is 11.1 Å². The van der Waals surface area contributed by atoms with E-state index in [9.17, 15) is 4.79 Å². The van der Waals surface area contributed by atoms with Crippen LogP contribution in [-0.2, 0) is 6.42 Å². The molecule has 0 bridgehead atoms. The molecule has 0 saturated carbocycles. The second-order valence-corrected chi connectivity index (χ2v) is 4.62. The molecule has 1 aromatic carbocycles. The monoisotopic (exact) mass is 249 g/mol. The number of aryl methyl sites for hydroxylation is 1. The van der Waals surface area contributed by atoms with E-state index in [-0.39, 0.29) is 0 Å². The average molecular weight is 249 g/mol. The zero-order valence-electron chi connectivity index (χ0n) is 10.8. The molecule has 0 fully saturated rings. The van der Waals surface area contributed by atoms with E-state index >= 15 is 0 Å². The van der Waals surface area contributed by atoms with Crippen LogP contribution in [0.15, 0.2) is 54.9 Å². The van der Waals surface area contributed by atoms with Crippen LogP contribution in [-0.4, -0.2) is 10.7 Å². The molecule has 0 unspecified atom stereocenters. The Morgan fingerprint density at radius 1 is 1.11 bits per heavy atom. The maximum Gasteiger partial charge on any atom is 0.152 e. The second kappa shape index (κ2) is 4.73. The van der Waals surface area contributed by atoms with Crippen LogP contribution in [0.4, 0.5) is 0 Å². The second-order valence-electron chi connectivity index (χ2n) is 4.62. The first-order valence-electron chi connectivity index (χ1n) is 6.47. The van der Waals surface area contributed by atoms with Gasteiger partial charge >= 0.3 is 0 Å². The number of hydrogen-bond acceptors (Lipinski definition) is 1. The first-order valence-corrected chi connectivity index (χ1v) is 6.47. The van der Waals surface area contributed by atoms with Gasteiger partial charge in [-0.1, -0.05) is 37.3 Å². The molecule has 0 atom stereocenters. The molecule has 0 saturated heterocycles. The first-order chi connectivity index (χ1) is 9.33. The number of carbonyl (C=O) groups is 1. The average Bonchev–Trinajstić information content (AvgIpc) is 2.85. The number of fused-ring (bicyclic) bond motifs is 1. The van der Waals surface area contributed by atoms with E-state index in [0.717, 1.165) is 34.9 Å². The van der Waals surface area contributed by atoms with E-state index in [2.05, 4.69) is 31.2 Å². The third kappa shape index (κ3) is 1.95. The molecular formula is C17H15NO. The Morgan fingerprint density at radius 3 is 2.58 bits per heavy atom. The minimum absolute atomic E-state index is 0.754. The van der Waals surface area contributed by atoms with Crippen LogP contribution in [0.1, 0.15) is 22.8 Å². The zero-order chi connectivity index (χ0) is 13.2. The highest BCUT2D eigenvalue weighted by Gasteiger charge is 2.11. The first kappa shape index (κ1) is 11.7. The lowest BCUT2D eigenvalue weighted by Gasteiger charge is -2.01. The van der Waals surface area contributed by atoms with E-state index in [1.54, 1.807) is 0 Å². The Hall–Kier alpha value is -2.35. The van der Waals surface area contributed by atoms with Crippen molar-refractivity contribution in [3.63, 3.8) is 0 Å². The zero-order valence-corrected chi connectivity index (χ0v) is 10.8. The number of aromatic nitrogens is 1. The molecule has 2 heteroatoms. The van der Waals surface area contributed by atoms with Gasteiger partial charge < -0.3 is 4.40 Å². The fourth-order valence-electron chi connectivity index (χ4n) is 2.42. The van der Waals surface area contributed by atoms with Crippen LogP contribution in [0.5, 0.6) is 0 Å². The molecule has 0 aliphatic heterocycles. The Morgan fingerprint density at radius 2 is 1.89 bits per heavy atom. The number of benzene rings is 1. The van der Waals surface area contributed by atoms with Gasteiger partial charge in [-0.3, -0.25) is 4.79 Å². The highest BCUT2D eigenvalue weighted by atomic mass is 16.1. The molecule has 0 amide bonds. The number of nitrogens with zero attached hydrogens (tertiary/aromatic N) is 1. The summed E-state index contributed by atoms with van der Waals surface area (Å²) < 4.78 is 1.99. The van der Waals surface area contributed by atoms with Crippen molar-refractivity contribution in [3.05, 3.63) is 66.0 Å². The Labute approximate surface area is 112 Å². The summed E-state index contributed by atoms with van der Waals surface area (Å²) in [6, 6.07) is 14.3. The number of pyridine rings is 1. The summed E-state index contributed by atoms with van der Waals surface area (Å²) in [5.74, 6) is 0. The molecule has 3 aromatic rings. The summed E-state index contributed by atoms with van der Waals surface area (Å²) in [6.45, 7) is 2.14. The van der Waals surface area contributed by atoms with E-state index in [1.165, 1.54) is 5.56 Å². The molecule has 0 aliphatic rings. The molecule has 2 nitrogen and oxygen atoms in total. The molecule has 0 spiro atoms. The topological polar surface area (TPSA) is 21.5 Å². The summed E-state index contributed by atoms with van der Waals surface area (Å²) in [4.78, 5) is 11.4. The normalized spacial score (nSPS) is 10.8. The van der Waals surface area contributed by atoms with Gasteiger partial charge in [-0.05, 0) is 29.7 Å². The summed E-state index contributed by atoms with van der Waals surface area (Å²) in [6.07, 6.45) is 5.95. The van der Waals surface area contributed by atoms with Crippen LogP contribution in [0.3, 0.4) is 0 Å². The maximum atomic E-state index is 11.4. The van der Waals surface area contributed by atoms with Gasteiger partial charge in [-0.25, -0.2) is 0 Å². The van der Waals surface area contributed by atoms with Crippen molar-refractivity contribution in [2.24, 2.45) is 0 Å². The van der Waals surface area contributed by atoms with Gasteiger partial charge in [-0.2, -0.15) is 0 Å². The van der Waals surface area contributed by atoms with Crippen LogP contribution in [0.2, 0.25) is 0 Å². The summed E-state index contributed by atoms with van der Waals surface area (Å²) in [5, 5.41) is 0. The third-order valence-electron chi connectivity index (χ3n) is 3.52. The largest absolute Gasteiger partial charge is 0.322 e. The van der Waals surface area contributed by atoms with Crippen molar-refractivity contribution < 1.29 is 4.79 Å². The minimum Gasteiger partial charge on any atom is -0.322 e. The Bertz CT molecular complexity index is 723. The van der Waals surface area contributed by atoms with E-state index < -0.39 is 0 Å². The Balaban J connectivity index is 2.20. The fraction of sp³-hybridized carbons (Fsp3) is 0.118. The van der Waals surface area contributed by atoms with Crippen molar-refractivity contribution in [2.75, 3.05) is 0 Å². The highest BCUT2D eigenvalue weighted by Crippen LogP contribution is 2.27. The van der Waals surface area contributed by atoms with Crippen LogP contribution >= 0.6 is 0 Å². The molecule has 0 aliphatic carbocycles. The van der Waals surface area contributed by atoms with Crippen LogP contribution < -0.4 is 0 Å². The standard InChI is InChI=1S/C17H15NO/c1-2-13-6-8-14(9-7-13)15-11-18-10-4-3-5-17(18)16(15)12-19/h3-12H,2H2,1H3. The molecule has 0 N–H and O–H groups in total. The smallest absolute Gasteiger partial charge is 0.152 e. The maximum absolute atomic E-state index is 11.4. The lowest BCUT2D eigenvalue weighted by molar-refractivity contribution is 0.112. The van der Waals surface area contributed by atoms with Gasteiger partial charge in [0.2, 0.25) is 0 Å². The van der Waals surface area contributed by atoms with Gasteiger partial charge in [0.25, 0.3) is 0 Å². The van der Waals surface area contributed by atoms with E-state index in [1.807, 2.05) is 35.0 Å². The van der Waals surface area contributed by atoms with Crippen molar-refractivity contribution in [1.29, 1.82) is 0 Å². The van der Waals surface area contributed by atoms with Crippen molar-refractivity contribution in [2.45, 2.75) is 13.3 Å². The van der Waals surface area contributed by atoms with Gasteiger partial charge in [-0.15, -0.1) is 0 Å². The molecule has 3 rings (SSSR count). The molecule has 19 heavy (non-hydrogen) atoms. The van der Waals surface area contributed by atoms with Crippen molar-refractivity contribution in [1.82, 2.24) is 4.40 Å². The van der Waals surface area contributed by atoms with Gasteiger partial charge in [0.05, 0.1) is 5.52 Å². The van der Waals surface area contributed by atoms with E-state index in [0.29, 0.717) is 0 Å². The summed E-state index contributed by atoms with van der Waals surface area (Å²) >= 11 is 0. The van der Waals surface area contributed by atoms with Crippen molar-refractivity contribution >= 4 is 11.8 Å². The third-order valence-corrected chi connectivity index (χ3v) is 3.52. The quantitative estimate of drug-likeness (QED) is 0.643. The minimum atomic E-state index is 0.754. The fourth-order valence-corrected chi connectivity index (χ4v) is 2.42. The lowest BCUT2D eigenvalue weighted by atomic mass is 10.0.